The Labute approximate surface area is 198 Å². The van der Waals surface area contributed by atoms with E-state index in [-0.39, 0.29) is 11.5 Å². The smallest absolute Gasteiger partial charge is 0.408 e. The Bertz CT molecular complexity index is 1130. The average Bonchev–Trinajstić information content (AvgIpc) is 2.88. The number of hydrogen-bond donors (Lipinski definition) is 1. The summed E-state index contributed by atoms with van der Waals surface area (Å²) < 4.78 is 25.3. The summed E-state index contributed by atoms with van der Waals surface area (Å²) in [6.45, 7) is 0.993. The molecule has 1 saturated heterocycles. The van der Waals surface area contributed by atoms with Crippen LogP contribution in [0.3, 0.4) is 0 Å². The van der Waals surface area contributed by atoms with Gasteiger partial charge in [0.05, 0.1) is 12.7 Å². The second-order valence-corrected chi connectivity index (χ2v) is 8.22. The van der Waals surface area contributed by atoms with E-state index in [9.17, 15) is 14.0 Å². The van der Waals surface area contributed by atoms with Crippen LogP contribution in [-0.2, 0) is 16.9 Å². The highest BCUT2D eigenvalue weighted by atomic mass is 19.1. The third kappa shape index (κ3) is 5.20. The van der Waals surface area contributed by atoms with Crippen LogP contribution in [0.25, 0.3) is 0 Å². The predicted octanol–water partition coefficient (Wildman–Crippen LogP) is 4.89. The lowest BCUT2D eigenvalue weighted by Gasteiger charge is -2.41. The molecule has 0 spiro atoms. The molecule has 1 N–H and O–H groups in total. The molecule has 34 heavy (non-hydrogen) atoms. The van der Waals surface area contributed by atoms with Crippen LogP contribution in [0.15, 0.2) is 78.9 Å². The summed E-state index contributed by atoms with van der Waals surface area (Å²) in [6, 6.07) is 22.9. The Morgan fingerprint density at radius 1 is 0.941 bits per heavy atom. The van der Waals surface area contributed by atoms with Crippen molar-refractivity contribution in [3.63, 3.8) is 0 Å². The molecule has 4 rings (SSSR count). The molecule has 0 atom stereocenters. The SMILES string of the molecule is COc1ccc(CNC(=O)OC2(c3ccccc3)CCN(C(=O)c3ccccc3F)CC2)cc1. The van der Waals surface area contributed by atoms with Crippen LogP contribution >= 0.6 is 0 Å². The Balaban J connectivity index is 1.44. The van der Waals surface area contributed by atoms with Gasteiger partial charge < -0.3 is 19.7 Å². The van der Waals surface area contributed by atoms with Crippen LogP contribution in [0.2, 0.25) is 0 Å². The number of halogens is 1. The van der Waals surface area contributed by atoms with E-state index in [1.54, 1.807) is 24.1 Å². The minimum absolute atomic E-state index is 0.0489. The molecule has 1 aliphatic rings. The van der Waals surface area contributed by atoms with Crippen molar-refractivity contribution >= 4 is 12.0 Å². The number of carbonyl (C=O) groups excluding carboxylic acids is 2. The zero-order chi connectivity index (χ0) is 24.0. The number of benzene rings is 3. The second-order valence-electron chi connectivity index (χ2n) is 8.22. The number of amides is 2. The lowest BCUT2D eigenvalue weighted by atomic mass is 9.84. The minimum Gasteiger partial charge on any atom is -0.497 e. The highest BCUT2D eigenvalue weighted by molar-refractivity contribution is 5.94. The van der Waals surface area contributed by atoms with Gasteiger partial charge in [0, 0.05) is 32.5 Å². The molecule has 0 aromatic heterocycles. The number of nitrogens with one attached hydrogen (secondary N) is 1. The van der Waals surface area contributed by atoms with Gasteiger partial charge in [0.25, 0.3) is 5.91 Å². The Morgan fingerprint density at radius 3 is 2.24 bits per heavy atom. The van der Waals surface area contributed by atoms with E-state index in [4.69, 9.17) is 9.47 Å². The lowest BCUT2D eigenvalue weighted by molar-refractivity contribution is -0.0359. The molecule has 0 bridgehead atoms. The quantitative estimate of drug-likeness (QED) is 0.566. The summed E-state index contributed by atoms with van der Waals surface area (Å²) in [5, 5.41) is 2.81. The van der Waals surface area contributed by atoms with E-state index < -0.39 is 17.5 Å². The third-order valence-electron chi connectivity index (χ3n) is 6.15. The Kier molecular flexibility index (Phi) is 7.11. The van der Waals surface area contributed by atoms with Crippen molar-refractivity contribution in [3.8, 4) is 5.75 Å². The van der Waals surface area contributed by atoms with Crippen molar-refractivity contribution < 1.29 is 23.5 Å². The normalized spacial score (nSPS) is 14.8. The van der Waals surface area contributed by atoms with E-state index in [2.05, 4.69) is 5.32 Å². The van der Waals surface area contributed by atoms with E-state index in [0.29, 0.717) is 32.5 Å². The number of ether oxygens (including phenoxy) is 2. The van der Waals surface area contributed by atoms with E-state index in [0.717, 1.165) is 16.9 Å². The molecule has 6 nitrogen and oxygen atoms in total. The summed E-state index contributed by atoms with van der Waals surface area (Å²) >= 11 is 0. The molecular weight excluding hydrogens is 435 g/mol. The van der Waals surface area contributed by atoms with Crippen molar-refractivity contribution in [2.24, 2.45) is 0 Å². The molecule has 0 unspecified atom stereocenters. The first kappa shape index (κ1) is 23.3. The maximum absolute atomic E-state index is 14.1. The van der Waals surface area contributed by atoms with Crippen molar-refractivity contribution in [1.82, 2.24) is 10.2 Å². The van der Waals surface area contributed by atoms with Crippen LogP contribution in [0.1, 0.15) is 34.3 Å². The number of piperidine rings is 1. The highest BCUT2D eigenvalue weighted by Gasteiger charge is 2.41. The van der Waals surface area contributed by atoms with Gasteiger partial charge in [-0.25, -0.2) is 9.18 Å². The van der Waals surface area contributed by atoms with Crippen molar-refractivity contribution in [1.29, 1.82) is 0 Å². The summed E-state index contributed by atoms with van der Waals surface area (Å²) in [4.78, 5) is 27.2. The van der Waals surface area contributed by atoms with Crippen LogP contribution < -0.4 is 10.1 Å². The number of rotatable bonds is 6. The number of carbonyl (C=O) groups is 2. The Hall–Kier alpha value is -3.87. The van der Waals surface area contributed by atoms with Crippen LogP contribution in [0.4, 0.5) is 9.18 Å². The molecule has 176 valence electrons. The van der Waals surface area contributed by atoms with Gasteiger partial charge in [-0.15, -0.1) is 0 Å². The van der Waals surface area contributed by atoms with Crippen molar-refractivity contribution in [2.45, 2.75) is 25.0 Å². The number of likely N-dealkylation sites (tertiary alicyclic amines) is 1. The van der Waals surface area contributed by atoms with Crippen molar-refractivity contribution in [3.05, 3.63) is 101 Å². The number of hydrogen-bond acceptors (Lipinski definition) is 4. The maximum atomic E-state index is 14.1. The third-order valence-corrected chi connectivity index (χ3v) is 6.15. The fourth-order valence-electron chi connectivity index (χ4n) is 4.20. The average molecular weight is 463 g/mol. The monoisotopic (exact) mass is 462 g/mol. The molecule has 7 heteroatoms. The zero-order valence-electron chi connectivity index (χ0n) is 19.0. The molecule has 1 heterocycles. The molecule has 3 aromatic carbocycles. The van der Waals surface area contributed by atoms with Gasteiger partial charge in [0.1, 0.15) is 17.2 Å². The first-order chi connectivity index (χ1) is 16.5. The summed E-state index contributed by atoms with van der Waals surface area (Å²) in [7, 11) is 1.60. The predicted molar refractivity (Wildman–Crippen MR) is 126 cm³/mol. The minimum atomic E-state index is -0.878. The molecular formula is C27H27FN2O4. The van der Waals surface area contributed by atoms with Gasteiger partial charge in [-0.2, -0.15) is 0 Å². The first-order valence-corrected chi connectivity index (χ1v) is 11.2. The van der Waals surface area contributed by atoms with Crippen molar-refractivity contribution in [2.75, 3.05) is 20.2 Å². The van der Waals surface area contributed by atoms with Crippen LogP contribution in [-0.4, -0.2) is 37.1 Å². The van der Waals surface area contributed by atoms with E-state index in [1.165, 1.54) is 12.1 Å². The molecule has 0 saturated carbocycles. The molecule has 0 aliphatic carbocycles. The topological polar surface area (TPSA) is 67.9 Å². The summed E-state index contributed by atoms with van der Waals surface area (Å²) in [5.74, 6) is -0.156. The molecule has 3 aromatic rings. The van der Waals surface area contributed by atoms with Gasteiger partial charge in [-0.1, -0.05) is 54.6 Å². The first-order valence-electron chi connectivity index (χ1n) is 11.2. The fourth-order valence-corrected chi connectivity index (χ4v) is 4.20. The van der Waals surface area contributed by atoms with E-state index >= 15 is 0 Å². The fraction of sp³-hybridized carbons (Fsp3) is 0.259. The molecule has 0 radical (unpaired) electrons. The van der Waals surface area contributed by atoms with Gasteiger partial charge >= 0.3 is 6.09 Å². The summed E-state index contributed by atoms with van der Waals surface area (Å²) in [5.41, 5.74) is 0.953. The molecule has 2 amide bonds. The van der Waals surface area contributed by atoms with E-state index in [1.807, 2.05) is 54.6 Å². The van der Waals surface area contributed by atoms with Gasteiger partial charge in [-0.3, -0.25) is 4.79 Å². The molecule has 1 fully saturated rings. The van der Waals surface area contributed by atoms with Gasteiger partial charge in [0.2, 0.25) is 0 Å². The van der Waals surface area contributed by atoms with Gasteiger partial charge in [-0.05, 0) is 35.4 Å². The maximum Gasteiger partial charge on any atom is 0.408 e. The number of nitrogens with zero attached hydrogens (tertiary/aromatic N) is 1. The lowest BCUT2D eigenvalue weighted by Crippen LogP contribution is -2.48. The van der Waals surface area contributed by atoms with Gasteiger partial charge in [0.15, 0.2) is 0 Å². The number of alkyl carbamates (subject to hydrolysis) is 1. The Morgan fingerprint density at radius 2 is 1.59 bits per heavy atom. The van der Waals surface area contributed by atoms with Crippen LogP contribution in [0.5, 0.6) is 5.75 Å². The molecule has 1 aliphatic heterocycles. The zero-order valence-corrected chi connectivity index (χ0v) is 19.0. The highest BCUT2D eigenvalue weighted by Crippen LogP contribution is 2.37. The summed E-state index contributed by atoms with van der Waals surface area (Å²) in [6.07, 6.45) is 0.286. The standard InChI is InChI=1S/C27H27FN2O4/c1-33-22-13-11-20(12-14-22)19-29-26(32)34-27(21-7-3-2-4-8-21)15-17-30(18-16-27)25(31)23-9-5-6-10-24(23)28/h2-14H,15-19H2,1H3,(H,29,32). The van der Waals surface area contributed by atoms with Crippen LogP contribution in [0, 0.1) is 5.82 Å². The largest absolute Gasteiger partial charge is 0.497 e. The second kappa shape index (κ2) is 10.4. The number of methoxy groups -OCH3 is 1.